The van der Waals surface area contributed by atoms with Crippen LogP contribution in [0.15, 0.2) is 48.5 Å². The zero-order chi connectivity index (χ0) is 19.0. The van der Waals surface area contributed by atoms with E-state index in [1.807, 2.05) is 60.1 Å². The number of anilines is 1. The van der Waals surface area contributed by atoms with Crippen LogP contribution in [0.3, 0.4) is 0 Å². The van der Waals surface area contributed by atoms with Crippen LogP contribution in [0, 0.1) is 5.41 Å². The number of carboxylic acids is 1. The molecule has 1 aromatic heterocycles. The van der Waals surface area contributed by atoms with Crippen LogP contribution < -0.4 is 5.32 Å². The van der Waals surface area contributed by atoms with Crippen molar-refractivity contribution in [2.24, 2.45) is 12.5 Å². The summed E-state index contributed by atoms with van der Waals surface area (Å²) in [6.07, 6.45) is 2.03. The number of aryl methyl sites for hydroxylation is 1. The van der Waals surface area contributed by atoms with Crippen molar-refractivity contribution in [3.63, 3.8) is 0 Å². The minimum absolute atomic E-state index is 0.0227. The number of hydrogen-bond acceptors (Lipinski definition) is 3. The molecule has 1 fully saturated rings. The molecule has 6 heteroatoms. The Morgan fingerprint density at radius 3 is 2.44 bits per heavy atom. The fraction of sp³-hybridized carbons (Fsp3) is 0.286. The first-order chi connectivity index (χ1) is 13.0. The van der Waals surface area contributed by atoms with E-state index >= 15 is 0 Å². The lowest BCUT2D eigenvalue weighted by Crippen LogP contribution is -2.41. The van der Waals surface area contributed by atoms with Gasteiger partial charge >= 0.3 is 5.97 Å². The van der Waals surface area contributed by atoms with Crippen molar-refractivity contribution in [3.05, 3.63) is 48.5 Å². The number of rotatable bonds is 5. The number of carbonyl (C=O) groups is 2. The normalized spacial score (nSPS) is 15.3. The quantitative estimate of drug-likeness (QED) is 0.722. The Balaban J connectivity index is 1.49. The van der Waals surface area contributed by atoms with Crippen LogP contribution in [-0.2, 0) is 16.6 Å². The lowest BCUT2D eigenvalue weighted by molar-refractivity contribution is -0.157. The summed E-state index contributed by atoms with van der Waals surface area (Å²) in [5, 5.41) is 12.2. The van der Waals surface area contributed by atoms with E-state index in [2.05, 4.69) is 10.3 Å². The molecule has 1 aliphatic rings. The Labute approximate surface area is 156 Å². The van der Waals surface area contributed by atoms with Crippen LogP contribution in [0.2, 0.25) is 0 Å². The predicted octanol–water partition coefficient (Wildman–Crippen LogP) is 3.82. The van der Waals surface area contributed by atoms with Gasteiger partial charge in [0.05, 0.1) is 16.4 Å². The molecule has 138 valence electrons. The number of carboxylic acid groups (broad SMARTS) is 1. The van der Waals surface area contributed by atoms with Crippen molar-refractivity contribution in [3.8, 4) is 11.4 Å². The van der Waals surface area contributed by atoms with Gasteiger partial charge in [-0.15, -0.1) is 0 Å². The van der Waals surface area contributed by atoms with Gasteiger partial charge in [0.25, 0.3) is 0 Å². The first-order valence-electron chi connectivity index (χ1n) is 9.04. The Morgan fingerprint density at radius 1 is 1.15 bits per heavy atom. The fourth-order valence-electron chi connectivity index (χ4n) is 3.69. The number of para-hydroxylation sites is 2. The highest BCUT2D eigenvalue weighted by Gasteiger charge is 2.45. The molecule has 0 aliphatic heterocycles. The Morgan fingerprint density at radius 2 is 1.85 bits per heavy atom. The summed E-state index contributed by atoms with van der Waals surface area (Å²) in [5.41, 5.74) is 2.73. The largest absolute Gasteiger partial charge is 0.481 e. The second-order valence-electron chi connectivity index (χ2n) is 7.22. The molecule has 3 aromatic rings. The number of carbonyl (C=O) groups excluding carboxylic acids is 1. The maximum Gasteiger partial charge on any atom is 0.310 e. The molecular formula is C21H21N3O3. The first-order valence-corrected chi connectivity index (χ1v) is 9.04. The van der Waals surface area contributed by atoms with Crippen LogP contribution in [0.4, 0.5) is 5.69 Å². The molecule has 1 saturated carbocycles. The van der Waals surface area contributed by atoms with Crippen LogP contribution in [0.5, 0.6) is 0 Å². The molecule has 4 rings (SSSR count). The number of nitrogens with zero attached hydrogens (tertiary/aromatic N) is 2. The van der Waals surface area contributed by atoms with E-state index in [9.17, 15) is 14.7 Å². The van der Waals surface area contributed by atoms with Crippen LogP contribution in [0.25, 0.3) is 22.4 Å². The van der Waals surface area contributed by atoms with Crippen molar-refractivity contribution in [1.29, 1.82) is 0 Å². The summed E-state index contributed by atoms with van der Waals surface area (Å²) >= 11 is 0. The highest BCUT2D eigenvalue weighted by molar-refractivity contribution is 5.94. The standard InChI is InChI=1S/C21H21N3O3/c1-24-17-6-3-2-5-16(17)23-19(24)14-7-9-15(10-8-14)22-18(25)13-21(20(26)27)11-4-12-21/h2-3,5-10H,4,11-13H2,1H3,(H,22,25)(H,26,27). The average molecular weight is 363 g/mol. The van der Waals surface area contributed by atoms with E-state index in [-0.39, 0.29) is 12.3 Å². The van der Waals surface area contributed by atoms with Gasteiger partial charge in [-0.2, -0.15) is 0 Å². The molecule has 0 bridgehead atoms. The number of nitrogens with one attached hydrogen (secondary N) is 1. The van der Waals surface area contributed by atoms with Crippen molar-refractivity contribution in [1.82, 2.24) is 9.55 Å². The van der Waals surface area contributed by atoms with E-state index in [0.29, 0.717) is 18.5 Å². The molecule has 0 atom stereocenters. The predicted molar refractivity (Wildman–Crippen MR) is 103 cm³/mol. The van der Waals surface area contributed by atoms with E-state index in [4.69, 9.17) is 0 Å². The van der Waals surface area contributed by atoms with E-state index in [0.717, 1.165) is 28.8 Å². The summed E-state index contributed by atoms with van der Waals surface area (Å²) in [4.78, 5) is 28.3. The summed E-state index contributed by atoms with van der Waals surface area (Å²) in [6, 6.07) is 15.4. The van der Waals surface area contributed by atoms with Gasteiger partial charge < -0.3 is 15.0 Å². The number of hydrogen-bond donors (Lipinski definition) is 2. The molecule has 0 radical (unpaired) electrons. The molecule has 2 aromatic carbocycles. The molecule has 2 N–H and O–H groups in total. The zero-order valence-corrected chi connectivity index (χ0v) is 15.1. The monoisotopic (exact) mass is 363 g/mol. The number of benzene rings is 2. The number of aromatic nitrogens is 2. The zero-order valence-electron chi connectivity index (χ0n) is 15.1. The van der Waals surface area contributed by atoms with Crippen molar-refractivity contribution in [2.75, 3.05) is 5.32 Å². The van der Waals surface area contributed by atoms with Crippen molar-refractivity contribution in [2.45, 2.75) is 25.7 Å². The van der Waals surface area contributed by atoms with Gasteiger partial charge in [0.2, 0.25) is 5.91 Å². The fourth-order valence-corrected chi connectivity index (χ4v) is 3.69. The topological polar surface area (TPSA) is 84.2 Å². The van der Waals surface area contributed by atoms with Gasteiger partial charge in [-0.25, -0.2) is 4.98 Å². The van der Waals surface area contributed by atoms with Gasteiger partial charge in [-0.3, -0.25) is 9.59 Å². The highest BCUT2D eigenvalue weighted by Crippen LogP contribution is 2.44. The molecular weight excluding hydrogens is 342 g/mol. The third kappa shape index (κ3) is 3.07. The molecule has 0 saturated heterocycles. The van der Waals surface area contributed by atoms with Gasteiger partial charge in [0.1, 0.15) is 5.82 Å². The molecule has 1 heterocycles. The third-order valence-electron chi connectivity index (χ3n) is 5.48. The van der Waals surface area contributed by atoms with E-state index in [1.54, 1.807) is 0 Å². The average Bonchev–Trinajstić information content (AvgIpc) is 2.96. The smallest absolute Gasteiger partial charge is 0.310 e. The van der Waals surface area contributed by atoms with Gasteiger partial charge in [0, 0.05) is 24.7 Å². The lowest BCUT2D eigenvalue weighted by atomic mass is 9.66. The summed E-state index contributed by atoms with van der Waals surface area (Å²) in [5.74, 6) is -0.276. The molecule has 0 unspecified atom stereocenters. The molecule has 1 aliphatic carbocycles. The summed E-state index contributed by atoms with van der Waals surface area (Å²) in [6.45, 7) is 0. The van der Waals surface area contributed by atoms with Gasteiger partial charge in [-0.1, -0.05) is 18.6 Å². The van der Waals surface area contributed by atoms with Crippen LogP contribution >= 0.6 is 0 Å². The Bertz CT molecular complexity index is 1020. The summed E-state index contributed by atoms with van der Waals surface area (Å²) in [7, 11) is 1.98. The first kappa shape index (κ1) is 17.3. The highest BCUT2D eigenvalue weighted by atomic mass is 16.4. The van der Waals surface area contributed by atoms with E-state index < -0.39 is 11.4 Å². The van der Waals surface area contributed by atoms with Crippen LogP contribution in [0.1, 0.15) is 25.7 Å². The second-order valence-corrected chi connectivity index (χ2v) is 7.22. The van der Waals surface area contributed by atoms with Crippen molar-refractivity contribution < 1.29 is 14.7 Å². The minimum atomic E-state index is -0.878. The third-order valence-corrected chi connectivity index (χ3v) is 5.48. The molecule has 27 heavy (non-hydrogen) atoms. The maximum atomic E-state index is 12.3. The molecule has 6 nitrogen and oxygen atoms in total. The Hall–Kier alpha value is -3.15. The number of amides is 1. The van der Waals surface area contributed by atoms with Crippen molar-refractivity contribution >= 4 is 28.6 Å². The van der Waals surface area contributed by atoms with Gasteiger partial charge in [-0.05, 0) is 49.2 Å². The lowest BCUT2D eigenvalue weighted by Gasteiger charge is -2.36. The molecule has 0 spiro atoms. The molecule has 1 amide bonds. The number of fused-ring (bicyclic) bond motifs is 1. The summed E-state index contributed by atoms with van der Waals surface area (Å²) < 4.78 is 2.04. The SMILES string of the molecule is Cn1c(-c2ccc(NC(=O)CC3(C(=O)O)CCC3)cc2)nc2ccccc21. The number of imidazole rings is 1. The van der Waals surface area contributed by atoms with Gasteiger partial charge in [0.15, 0.2) is 0 Å². The minimum Gasteiger partial charge on any atom is -0.481 e. The van der Waals surface area contributed by atoms with Crippen LogP contribution in [-0.4, -0.2) is 26.5 Å². The van der Waals surface area contributed by atoms with E-state index in [1.165, 1.54) is 0 Å². The number of aliphatic carboxylic acids is 1. The second kappa shape index (κ2) is 6.54. The Kier molecular flexibility index (Phi) is 4.18. The maximum absolute atomic E-state index is 12.3.